The lowest BCUT2D eigenvalue weighted by molar-refractivity contribution is -0.125. The maximum Gasteiger partial charge on any atom is 0.160 e. The van der Waals surface area contributed by atoms with Gasteiger partial charge in [-0.05, 0) is 31.0 Å². The number of anilines is 1. The number of nitrogens with one attached hydrogen (secondary N) is 1. The van der Waals surface area contributed by atoms with Crippen molar-refractivity contribution in [2.75, 3.05) is 5.32 Å². The number of halogens is 3. The van der Waals surface area contributed by atoms with Gasteiger partial charge in [-0.1, -0.05) is 24.6 Å². The van der Waals surface area contributed by atoms with E-state index in [1.54, 1.807) is 18.2 Å². The van der Waals surface area contributed by atoms with Gasteiger partial charge in [0.2, 0.25) is 0 Å². The van der Waals surface area contributed by atoms with Gasteiger partial charge in [0.25, 0.3) is 0 Å². The van der Waals surface area contributed by atoms with Crippen molar-refractivity contribution in [2.24, 2.45) is 5.92 Å². The van der Waals surface area contributed by atoms with Crippen molar-refractivity contribution in [2.45, 2.75) is 31.7 Å². The second kappa shape index (κ2) is 7.07. The molecule has 0 bridgehead atoms. The summed E-state index contributed by atoms with van der Waals surface area (Å²) in [5, 5.41) is 3.04. The number of carbonyl (C=O) groups excluding carboxylic acids is 1. The maximum atomic E-state index is 14.3. The van der Waals surface area contributed by atoms with Gasteiger partial charge in [-0.3, -0.25) is 4.79 Å². The van der Waals surface area contributed by atoms with Gasteiger partial charge in [0.1, 0.15) is 11.6 Å². The van der Waals surface area contributed by atoms with E-state index in [1.807, 2.05) is 0 Å². The predicted molar refractivity (Wildman–Crippen MR) is 86.1 cm³/mol. The van der Waals surface area contributed by atoms with Crippen LogP contribution in [0.4, 0.5) is 18.9 Å². The average Bonchev–Trinajstić information content (AvgIpc) is 2.57. The first-order valence-electron chi connectivity index (χ1n) is 8.05. The smallest absolute Gasteiger partial charge is 0.160 e. The van der Waals surface area contributed by atoms with Crippen LogP contribution in [0.25, 0.3) is 0 Å². The Bertz CT molecular complexity index is 747. The monoisotopic (exact) mass is 333 g/mol. The van der Waals surface area contributed by atoms with E-state index in [2.05, 4.69) is 5.32 Å². The molecule has 1 aliphatic rings. The van der Waals surface area contributed by atoms with Crippen LogP contribution >= 0.6 is 0 Å². The number of hydrogen-bond donors (Lipinski definition) is 1. The van der Waals surface area contributed by atoms with Gasteiger partial charge < -0.3 is 5.32 Å². The molecule has 0 aliphatic heterocycles. The van der Waals surface area contributed by atoms with Gasteiger partial charge in [-0.25, -0.2) is 13.2 Å². The lowest BCUT2D eigenvalue weighted by Crippen LogP contribution is -2.31. The molecular weight excluding hydrogens is 315 g/mol. The zero-order valence-corrected chi connectivity index (χ0v) is 13.1. The van der Waals surface area contributed by atoms with Gasteiger partial charge in [-0.2, -0.15) is 0 Å². The Labute approximate surface area is 138 Å². The summed E-state index contributed by atoms with van der Waals surface area (Å²) in [6.07, 6.45) is 2.84. The third-order valence-electron chi connectivity index (χ3n) is 4.49. The highest BCUT2D eigenvalue weighted by Crippen LogP contribution is 2.36. The third kappa shape index (κ3) is 3.45. The van der Waals surface area contributed by atoms with Crippen LogP contribution in [0.1, 0.15) is 37.3 Å². The van der Waals surface area contributed by atoms with E-state index in [0.29, 0.717) is 24.1 Å². The molecule has 0 saturated heterocycles. The van der Waals surface area contributed by atoms with Gasteiger partial charge >= 0.3 is 0 Å². The topological polar surface area (TPSA) is 29.1 Å². The van der Waals surface area contributed by atoms with Crippen molar-refractivity contribution >= 4 is 11.5 Å². The number of Topliss-reactive ketones (excluding diaryl/α,β-unsaturated/α-hetero) is 1. The molecule has 3 rings (SSSR count). The van der Waals surface area contributed by atoms with Gasteiger partial charge in [0.15, 0.2) is 11.6 Å². The highest BCUT2D eigenvalue weighted by molar-refractivity contribution is 5.83. The first-order valence-corrected chi connectivity index (χ1v) is 8.05. The molecule has 2 aromatic rings. The van der Waals surface area contributed by atoms with Crippen molar-refractivity contribution in [3.63, 3.8) is 0 Å². The van der Waals surface area contributed by atoms with Crippen molar-refractivity contribution in [3.8, 4) is 0 Å². The van der Waals surface area contributed by atoms with E-state index in [-0.39, 0.29) is 11.7 Å². The number of ketones is 1. The Morgan fingerprint density at radius 3 is 2.46 bits per heavy atom. The summed E-state index contributed by atoms with van der Waals surface area (Å²) in [5.41, 5.74) is 0.683. The van der Waals surface area contributed by atoms with Gasteiger partial charge in [-0.15, -0.1) is 0 Å². The summed E-state index contributed by atoms with van der Waals surface area (Å²) in [6, 6.07) is 9.05. The van der Waals surface area contributed by atoms with Crippen LogP contribution in [0.15, 0.2) is 42.5 Å². The van der Waals surface area contributed by atoms with Crippen LogP contribution in [-0.4, -0.2) is 5.78 Å². The first kappa shape index (κ1) is 16.6. The van der Waals surface area contributed by atoms with Crippen LogP contribution < -0.4 is 5.32 Å². The number of benzene rings is 2. The molecular formula is C19H18F3NO. The molecule has 1 aliphatic carbocycles. The Kier molecular flexibility index (Phi) is 4.88. The minimum absolute atomic E-state index is 0.0737. The molecule has 0 radical (unpaired) electrons. The minimum atomic E-state index is -0.984. The van der Waals surface area contributed by atoms with E-state index >= 15 is 0 Å². The number of hydrogen-bond acceptors (Lipinski definition) is 2. The van der Waals surface area contributed by atoms with E-state index in [4.69, 9.17) is 0 Å². The molecule has 2 atom stereocenters. The fourth-order valence-corrected chi connectivity index (χ4v) is 3.25. The molecule has 5 heteroatoms. The molecule has 2 nitrogen and oxygen atoms in total. The molecule has 0 heterocycles. The van der Waals surface area contributed by atoms with E-state index in [0.717, 1.165) is 25.0 Å². The van der Waals surface area contributed by atoms with E-state index in [9.17, 15) is 18.0 Å². The van der Waals surface area contributed by atoms with E-state index in [1.165, 1.54) is 12.1 Å². The molecule has 1 fully saturated rings. The molecule has 0 aromatic heterocycles. The molecule has 24 heavy (non-hydrogen) atoms. The lowest BCUT2D eigenvalue weighted by atomic mass is 9.80. The standard InChI is InChI=1S/C19H18F3NO/c20-15-7-3-1-5-13(15)19(14-6-2-4-8-18(14)24)23-12-9-10-16(21)17(22)11-12/h1,3,5,7,9-11,14,19,23H,2,4,6,8H2/t14-,19+/m1/s1. The highest BCUT2D eigenvalue weighted by Gasteiger charge is 2.32. The normalized spacial score (nSPS) is 19.1. The summed E-state index contributed by atoms with van der Waals surface area (Å²) >= 11 is 0. The van der Waals surface area contributed by atoms with Crippen molar-refractivity contribution < 1.29 is 18.0 Å². The zero-order chi connectivity index (χ0) is 17.1. The predicted octanol–water partition coefficient (Wildman–Crippen LogP) is 5.02. The molecule has 1 N–H and O–H groups in total. The van der Waals surface area contributed by atoms with Crippen LogP contribution in [0, 0.1) is 23.4 Å². The lowest BCUT2D eigenvalue weighted by Gasteiger charge is -2.31. The van der Waals surface area contributed by atoms with Crippen molar-refractivity contribution in [3.05, 3.63) is 65.5 Å². The fourth-order valence-electron chi connectivity index (χ4n) is 3.25. The summed E-state index contributed by atoms with van der Waals surface area (Å²) in [6.45, 7) is 0. The Hall–Kier alpha value is -2.30. The largest absolute Gasteiger partial charge is 0.377 e. The van der Waals surface area contributed by atoms with Crippen LogP contribution in [0.5, 0.6) is 0 Å². The van der Waals surface area contributed by atoms with Crippen LogP contribution in [0.3, 0.4) is 0 Å². The zero-order valence-electron chi connectivity index (χ0n) is 13.1. The average molecular weight is 333 g/mol. The Morgan fingerprint density at radius 2 is 1.75 bits per heavy atom. The van der Waals surface area contributed by atoms with E-state index < -0.39 is 23.5 Å². The second-order valence-corrected chi connectivity index (χ2v) is 6.09. The number of carbonyl (C=O) groups is 1. The van der Waals surface area contributed by atoms with Crippen molar-refractivity contribution in [1.29, 1.82) is 0 Å². The van der Waals surface area contributed by atoms with Crippen molar-refractivity contribution in [1.82, 2.24) is 0 Å². The Morgan fingerprint density at radius 1 is 0.958 bits per heavy atom. The second-order valence-electron chi connectivity index (χ2n) is 6.09. The summed E-state index contributed by atoms with van der Waals surface area (Å²) in [7, 11) is 0. The third-order valence-corrected chi connectivity index (χ3v) is 4.49. The Balaban J connectivity index is 1.96. The molecule has 0 unspecified atom stereocenters. The SMILES string of the molecule is O=C1CCCC[C@H]1[C@@H](Nc1ccc(F)c(F)c1)c1ccccc1F. The minimum Gasteiger partial charge on any atom is -0.377 e. The highest BCUT2D eigenvalue weighted by atomic mass is 19.2. The molecule has 126 valence electrons. The van der Waals surface area contributed by atoms with Gasteiger partial charge in [0.05, 0.1) is 6.04 Å². The summed E-state index contributed by atoms with van der Waals surface area (Å²) in [4.78, 5) is 12.3. The fraction of sp³-hybridized carbons (Fsp3) is 0.316. The quantitative estimate of drug-likeness (QED) is 0.851. The summed E-state index contributed by atoms with van der Waals surface area (Å²) < 4.78 is 40.9. The maximum absolute atomic E-state index is 14.3. The first-order chi connectivity index (χ1) is 11.6. The van der Waals surface area contributed by atoms with Crippen LogP contribution in [-0.2, 0) is 4.79 Å². The molecule has 0 amide bonds. The number of rotatable bonds is 4. The van der Waals surface area contributed by atoms with Gasteiger partial charge in [0, 0.05) is 29.7 Å². The van der Waals surface area contributed by atoms with Crippen LogP contribution in [0.2, 0.25) is 0 Å². The summed E-state index contributed by atoms with van der Waals surface area (Å²) in [5.74, 6) is -2.66. The molecule has 1 saturated carbocycles. The molecule has 0 spiro atoms. The molecule has 2 aromatic carbocycles.